The van der Waals surface area contributed by atoms with E-state index in [-0.39, 0.29) is 5.41 Å². The minimum atomic E-state index is -0.533. The van der Waals surface area contributed by atoms with Crippen molar-refractivity contribution in [2.24, 2.45) is 5.41 Å². The van der Waals surface area contributed by atoms with Crippen LogP contribution in [-0.4, -0.2) is 24.8 Å². The van der Waals surface area contributed by atoms with Crippen molar-refractivity contribution in [2.45, 2.75) is 38.4 Å². The fourth-order valence-electron chi connectivity index (χ4n) is 2.76. The van der Waals surface area contributed by atoms with Crippen molar-refractivity contribution in [3.63, 3.8) is 0 Å². The molecule has 3 nitrogen and oxygen atoms in total. The molecule has 0 aromatic rings. The Morgan fingerprint density at radius 1 is 1.47 bits per heavy atom. The topological polar surface area (TPSA) is 35.5 Å². The molecule has 1 saturated heterocycles. The monoisotopic (exact) mass is 210 g/mol. The lowest BCUT2D eigenvalue weighted by atomic mass is 9.68. The highest BCUT2D eigenvalue weighted by atomic mass is 16.7. The number of allylic oxidation sites excluding steroid dienone is 1. The van der Waals surface area contributed by atoms with Gasteiger partial charge < -0.3 is 9.47 Å². The summed E-state index contributed by atoms with van der Waals surface area (Å²) in [7, 11) is 0. The van der Waals surface area contributed by atoms with Crippen molar-refractivity contribution in [1.82, 2.24) is 0 Å². The molecule has 0 radical (unpaired) electrons. The summed E-state index contributed by atoms with van der Waals surface area (Å²) in [5, 5.41) is 0. The van der Waals surface area contributed by atoms with Crippen molar-refractivity contribution in [3.8, 4) is 0 Å². The van der Waals surface area contributed by atoms with E-state index in [1.807, 2.05) is 6.08 Å². The van der Waals surface area contributed by atoms with Crippen LogP contribution in [0.4, 0.5) is 0 Å². The molecule has 3 heteroatoms. The molecule has 0 aromatic carbocycles. The number of rotatable bonds is 2. The normalized spacial score (nSPS) is 34.6. The zero-order valence-corrected chi connectivity index (χ0v) is 9.25. The smallest absolute Gasteiger partial charge is 0.174 e. The summed E-state index contributed by atoms with van der Waals surface area (Å²) in [6.45, 7) is 7.10. The van der Waals surface area contributed by atoms with Crippen LogP contribution in [0.5, 0.6) is 0 Å². The van der Waals surface area contributed by atoms with Crippen LogP contribution < -0.4 is 0 Å². The molecule has 1 unspecified atom stereocenters. The average molecular weight is 210 g/mol. The Hall–Kier alpha value is -0.670. The van der Waals surface area contributed by atoms with E-state index in [9.17, 15) is 4.79 Å². The number of hydrogen-bond acceptors (Lipinski definition) is 3. The van der Waals surface area contributed by atoms with Crippen LogP contribution in [0, 0.1) is 5.41 Å². The summed E-state index contributed by atoms with van der Waals surface area (Å²) in [4.78, 5) is 11.5. The van der Waals surface area contributed by atoms with E-state index in [1.165, 1.54) is 0 Å². The van der Waals surface area contributed by atoms with Gasteiger partial charge in [0.2, 0.25) is 0 Å². The van der Waals surface area contributed by atoms with Gasteiger partial charge in [-0.2, -0.15) is 0 Å². The first-order chi connectivity index (χ1) is 7.12. The van der Waals surface area contributed by atoms with E-state index < -0.39 is 5.79 Å². The lowest BCUT2D eigenvalue weighted by Crippen LogP contribution is -2.51. The van der Waals surface area contributed by atoms with Crippen LogP contribution in [-0.2, 0) is 14.3 Å². The van der Waals surface area contributed by atoms with Crippen LogP contribution in [0.1, 0.15) is 32.6 Å². The molecule has 1 spiro atoms. The molecule has 84 valence electrons. The Kier molecular flexibility index (Phi) is 2.69. The van der Waals surface area contributed by atoms with Gasteiger partial charge in [-0.15, -0.1) is 6.58 Å². The van der Waals surface area contributed by atoms with Gasteiger partial charge in [0.05, 0.1) is 13.2 Å². The van der Waals surface area contributed by atoms with Gasteiger partial charge >= 0.3 is 0 Å². The molecule has 0 N–H and O–H groups in total. The van der Waals surface area contributed by atoms with Gasteiger partial charge in [-0.25, -0.2) is 0 Å². The van der Waals surface area contributed by atoms with Crippen LogP contribution >= 0.6 is 0 Å². The molecule has 0 aromatic heterocycles. The first kappa shape index (κ1) is 10.8. The molecule has 1 heterocycles. The molecule has 0 amide bonds. The number of carbonyl (C=O) groups excluding carboxylic acids is 1. The quantitative estimate of drug-likeness (QED) is 0.654. The zero-order valence-electron chi connectivity index (χ0n) is 9.25. The highest BCUT2D eigenvalue weighted by Crippen LogP contribution is 2.50. The lowest BCUT2D eigenvalue weighted by Gasteiger charge is -2.46. The maximum Gasteiger partial charge on any atom is 0.174 e. The predicted octanol–water partition coefficient (Wildman–Crippen LogP) is 2.06. The molecule has 1 aliphatic carbocycles. The minimum Gasteiger partial charge on any atom is -0.347 e. The summed E-state index contributed by atoms with van der Waals surface area (Å²) in [5.41, 5.74) is -0.236. The minimum absolute atomic E-state index is 0.236. The van der Waals surface area contributed by atoms with Gasteiger partial charge in [0.25, 0.3) is 0 Å². The van der Waals surface area contributed by atoms with E-state index in [0.717, 1.165) is 6.42 Å². The number of carbonyl (C=O) groups is 1. The van der Waals surface area contributed by atoms with Gasteiger partial charge in [0.1, 0.15) is 5.78 Å². The molecule has 15 heavy (non-hydrogen) atoms. The molecular formula is C12H18O3. The van der Waals surface area contributed by atoms with Gasteiger partial charge in [-0.1, -0.05) is 13.0 Å². The maximum atomic E-state index is 11.5. The van der Waals surface area contributed by atoms with Crippen molar-refractivity contribution in [3.05, 3.63) is 12.7 Å². The van der Waals surface area contributed by atoms with Crippen LogP contribution in [0.15, 0.2) is 12.7 Å². The van der Waals surface area contributed by atoms with Gasteiger partial charge in [0, 0.05) is 24.7 Å². The Labute approximate surface area is 90.4 Å². The Balaban J connectivity index is 2.26. The van der Waals surface area contributed by atoms with E-state index >= 15 is 0 Å². The highest BCUT2D eigenvalue weighted by molar-refractivity contribution is 5.80. The summed E-state index contributed by atoms with van der Waals surface area (Å²) in [5.74, 6) is -0.223. The number of hydrogen-bond donors (Lipinski definition) is 0. The van der Waals surface area contributed by atoms with E-state index in [1.54, 1.807) is 0 Å². The maximum absolute atomic E-state index is 11.5. The van der Waals surface area contributed by atoms with Crippen LogP contribution in [0.25, 0.3) is 0 Å². The number of ketones is 1. The predicted molar refractivity (Wildman–Crippen MR) is 56.4 cm³/mol. The average Bonchev–Trinajstić information content (AvgIpc) is 2.63. The fourth-order valence-corrected chi connectivity index (χ4v) is 2.76. The molecule has 1 atom stereocenters. The summed E-state index contributed by atoms with van der Waals surface area (Å²) in [6.07, 6.45) is 4.42. The standard InChI is InChI=1S/C12H18O3/c1-3-5-11(2)9-10(13)4-6-12(11)14-7-8-15-12/h3H,1,4-9H2,2H3. The van der Waals surface area contributed by atoms with Crippen LogP contribution in [0.3, 0.4) is 0 Å². The highest BCUT2D eigenvalue weighted by Gasteiger charge is 2.55. The largest absolute Gasteiger partial charge is 0.347 e. The van der Waals surface area contributed by atoms with Crippen molar-refractivity contribution in [1.29, 1.82) is 0 Å². The summed E-state index contributed by atoms with van der Waals surface area (Å²) in [6, 6.07) is 0. The molecule has 1 aliphatic heterocycles. The lowest BCUT2D eigenvalue weighted by molar-refractivity contribution is -0.246. The van der Waals surface area contributed by atoms with E-state index in [0.29, 0.717) is 38.3 Å². The second-order valence-electron chi connectivity index (χ2n) is 4.72. The SMILES string of the molecule is C=CCC1(C)CC(=O)CCC12OCCO2. The summed E-state index contributed by atoms with van der Waals surface area (Å²) >= 11 is 0. The fraction of sp³-hybridized carbons (Fsp3) is 0.750. The molecule has 2 aliphatic rings. The van der Waals surface area contributed by atoms with Gasteiger partial charge in [-0.3, -0.25) is 4.79 Å². The van der Waals surface area contributed by atoms with E-state index in [2.05, 4.69) is 13.5 Å². The third-order valence-electron chi connectivity index (χ3n) is 3.59. The third-order valence-corrected chi connectivity index (χ3v) is 3.59. The van der Waals surface area contributed by atoms with Crippen molar-refractivity contribution < 1.29 is 14.3 Å². The molecule has 0 bridgehead atoms. The van der Waals surface area contributed by atoms with Crippen molar-refractivity contribution >= 4 is 5.78 Å². The number of ether oxygens (including phenoxy) is 2. The second-order valence-corrected chi connectivity index (χ2v) is 4.72. The Morgan fingerprint density at radius 3 is 2.73 bits per heavy atom. The van der Waals surface area contributed by atoms with Gasteiger partial charge in [0.15, 0.2) is 5.79 Å². The van der Waals surface area contributed by atoms with Crippen molar-refractivity contribution in [2.75, 3.05) is 13.2 Å². The Bertz CT molecular complexity index is 279. The van der Waals surface area contributed by atoms with E-state index in [4.69, 9.17) is 9.47 Å². The Morgan fingerprint density at radius 2 is 2.13 bits per heavy atom. The first-order valence-electron chi connectivity index (χ1n) is 5.52. The molecule has 1 saturated carbocycles. The first-order valence-corrected chi connectivity index (χ1v) is 5.52. The summed E-state index contributed by atoms with van der Waals surface area (Å²) < 4.78 is 11.6. The van der Waals surface area contributed by atoms with Crippen LogP contribution in [0.2, 0.25) is 0 Å². The molecule has 2 rings (SSSR count). The zero-order chi connectivity index (χ0) is 10.9. The van der Waals surface area contributed by atoms with Gasteiger partial charge in [-0.05, 0) is 6.42 Å². The third kappa shape index (κ3) is 1.64. The second kappa shape index (κ2) is 3.72. The number of Topliss-reactive ketones (excluding diaryl/α,β-unsaturated/α-hetero) is 1. The molecular weight excluding hydrogens is 192 g/mol. The molecule has 2 fully saturated rings.